The molecule has 2 aromatic rings. The van der Waals surface area contributed by atoms with Gasteiger partial charge < -0.3 is 14.5 Å². The maximum atomic E-state index is 13.6. The van der Waals surface area contributed by atoms with Crippen LogP contribution in [0.15, 0.2) is 30.3 Å². The smallest absolute Gasteiger partial charge is 0.377 e. The van der Waals surface area contributed by atoms with Crippen LogP contribution in [0.1, 0.15) is 30.9 Å². The molecule has 0 aromatic heterocycles. The van der Waals surface area contributed by atoms with Crippen molar-refractivity contribution in [1.29, 1.82) is 0 Å². The number of alkyl halides is 3. The van der Waals surface area contributed by atoms with Crippen LogP contribution in [0.25, 0.3) is 10.8 Å². The van der Waals surface area contributed by atoms with Crippen LogP contribution in [0.5, 0.6) is 0 Å². The van der Waals surface area contributed by atoms with Crippen molar-refractivity contribution in [1.82, 2.24) is 0 Å². The van der Waals surface area contributed by atoms with Crippen LogP contribution in [0, 0.1) is 0 Å². The predicted molar refractivity (Wildman–Crippen MR) is 93.1 cm³/mol. The summed E-state index contributed by atoms with van der Waals surface area (Å²) in [5, 5.41) is 1.84. The average Bonchev–Trinajstić information content (AvgIpc) is 2.58. The second kappa shape index (κ2) is 5.80. The van der Waals surface area contributed by atoms with E-state index in [1.165, 1.54) is 0 Å². The summed E-state index contributed by atoms with van der Waals surface area (Å²) in [6.07, 6.45) is -4.26. The third kappa shape index (κ3) is 2.63. The van der Waals surface area contributed by atoms with Gasteiger partial charge in [0.05, 0.1) is 5.69 Å². The molecule has 0 bridgehead atoms. The van der Waals surface area contributed by atoms with E-state index in [0.29, 0.717) is 12.1 Å². The largest absolute Gasteiger partial charge is 0.419 e. The molecule has 2 heterocycles. The van der Waals surface area contributed by atoms with Gasteiger partial charge in [0, 0.05) is 42.7 Å². The molecule has 0 saturated carbocycles. The number of anilines is 2. The number of hydrogen-bond donors (Lipinski definition) is 0. The molecule has 0 radical (unpaired) electrons. The first-order valence-electron chi connectivity index (χ1n) is 8.59. The minimum absolute atomic E-state index is 0.231. The minimum Gasteiger partial charge on any atom is -0.377 e. The van der Waals surface area contributed by atoms with E-state index in [4.69, 9.17) is 4.74 Å². The lowest BCUT2D eigenvalue weighted by molar-refractivity contribution is -0.241. The van der Waals surface area contributed by atoms with Crippen molar-refractivity contribution in [3.8, 4) is 0 Å². The molecular weight excluding hydrogens is 329 g/mol. The van der Waals surface area contributed by atoms with E-state index in [2.05, 4.69) is 0 Å². The highest BCUT2D eigenvalue weighted by molar-refractivity contribution is 6.03. The Kier molecular flexibility index (Phi) is 3.83. The van der Waals surface area contributed by atoms with Crippen molar-refractivity contribution in [3.05, 3.63) is 35.9 Å². The summed E-state index contributed by atoms with van der Waals surface area (Å²) in [4.78, 5) is 4.02. The van der Waals surface area contributed by atoms with Gasteiger partial charge in [-0.1, -0.05) is 24.3 Å². The molecule has 3 nitrogen and oxygen atoms in total. The third-order valence-corrected chi connectivity index (χ3v) is 5.13. The van der Waals surface area contributed by atoms with Gasteiger partial charge in [-0.25, -0.2) is 0 Å². The molecule has 0 amide bonds. The molecular formula is C19H21F3N2O. The fourth-order valence-corrected chi connectivity index (χ4v) is 4.05. The van der Waals surface area contributed by atoms with E-state index >= 15 is 0 Å². The number of fused-ring (bicyclic) bond motifs is 5. The number of benzene rings is 2. The number of nitrogens with zero attached hydrogens (tertiary/aromatic N) is 2. The lowest BCUT2D eigenvalue weighted by Gasteiger charge is -2.45. The molecule has 0 aliphatic carbocycles. The van der Waals surface area contributed by atoms with Crippen molar-refractivity contribution < 1.29 is 17.9 Å². The van der Waals surface area contributed by atoms with Crippen molar-refractivity contribution in [2.24, 2.45) is 0 Å². The zero-order chi connectivity index (χ0) is 17.8. The maximum absolute atomic E-state index is 13.6. The van der Waals surface area contributed by atoms with Crippen molar-refractivity contribution in [3.63, 3.8) is 0 Å². The summed E-state index contributed by atoms with van der Waals surface area (Å²) in [6.45, 7) is 0.730. The number of ether oxygens (including phenoxy) is 1. The van der Waals surface area contributed by atoms with Crippen LogP contribution >= 0.6 is 0 Å². The van der Waals surface area contributed by atoms with Gasteiger partial charge in [-0.05, 0) is 25.3 Å². The molecule has 6 heteroatoms. The van der Waals surface area contributed by atoms with Crippen LogP contribution in [0.4, 0.5) is 24.5 Å². The van der Waals surface area contributed by atoms with Gasteiger partial charge in [-0.15, -0.1) is 0 Å². The SMILES string of the molecule is CN(C)c1cccc2c3c(ccc12)C(C(F)(F)F)OC1CCCCN31. The molecule has 1 fully saturated rings. The lowest BCUT2D eigenvalue weighted by atomic mass is 9.94. The lowest BCUT2D eigenvalue weighted by Crippen LogP contribution is -2.48. The number of rotatable bonds is 1. The Hall–Kier alpha value is -1.95. The molecule has 0 spiro atoms. The molecule has 25 heavy (non-hydrogen) atoms. The van der Waals surface area contributed by atoms with E-state index in [1.54, 1.807) is 12.1 Å². The molecule has 1 saturated heterocycles. The molecule has 2 aliphatic rings. The van der Waals surface area contributed by atoms with Crippen LogP contribution in [0.3, 0.4) is 0 Å². The summed E-state index contributed by atoms with van der Waals surface area (Å²) in [7, 11) is 3.89. The monoisotopic (exact) mass is 350 g/mol. The van der Waals surface area contributed by atoms with Gasteiger partial charge in [0.2, 0.25) is 0 Å². The first-order valence-corrected chi connectivity index (χ1v) is 8.59. The summed E-state index contributed by atoms with van der Waals surface area (Å²) < 4.78 is 46.4. The molecule has 2 aromatic carbocycles. The Balaban J connectivity index is 1.99. The van der Waals surface area contributed by atoms with E-state index in [9.17, 15) is 13.2 Å². The van der Waals surface area contributed by atoms with Gasteiger partial charge in [0.1, 0.15) is 6.23 Å². The highest BCUT2D eigenvalue weighted by Crippen LogP contribution is 2.50. The Morgan fingerprint density at radius 2 is 1.88 bits per heavy atom. The van der Waals surface area contributed by atoms with Gasteiger partial charge in [0.25, 0.3) is 0 Å². The molecule has 134 valence electrons. The predicted octanol–water partition coefficient (Wildman–Crippen LogP) is 4.86. The van der Waals surface area contributed by atoms with Crippen molar-refractivity contribution >= 4 is 22.1 Å². The van der Waals surface area contributed by atoms with Gasteiger partial charge in [0.15, 0.2) is 6.10 Å². The Bertz CT molecular complexity index is 803. The van der Waals surface area contributed by atoms with Crippen molar-refractivity contribution in [2.45, 2.75) is 37.8 Å². The first-order chi connectivity index (χ1) is 11.9. The summed E-state index contributed by atoms with van der Waals surface area (Å²) in [6, 6.07) is 9.20. The van der Waals surface area contributed by atoms with Crippen LogP contribution < -0.4 is 9.80 Å². The normalized spacial score (nSPS) is 23.3. The van der Waals surface area contributed by atoms with Crippen LogP contribution in [-0.2, 0) is 4.74 Å². The number of halogens is 3. The second-order valence-corrected chi connectivity index (χ2v) is 6.97. The van der Waals surface area contributed by atoms with E-state index in [0.717, 1.165) is 35.8 Å². The fourth-order valence-electron chi connectivity index (χ4n) is 4.05. The van der Waals surface area contributed by atoms with E-state index < -0.39 is 18.5 Å². The Morgan fingerprint density at radius 3 is 2.60 bits per heavy atom. The summed E-state index contributed by atoms with van der Waals surface area (Å²) >= 11 is 0. The first kappa shape index (κ1) is 16.5. The molecule has 2 unspecified atom stereocenters. The molecule has 0 N–H and O–H groups in total. The number of hydrogen-bond acceptors (Lipinski definition) is 3. The van der Waals surface area contributed by atoms with Crippen LogP contribution in [-0.4, -0.2) is 33.0 Å². The maximum Gasteiger partial charge on any atom is 0.419 e. The Labute approximate surface area is 145 Å². The quantitative estimate of drug-likeness (QED) is 0.731. The average molecular weight is 350 g/mol. The van der Waals surface area contributed by atoms with Gasteiger partial charge >= 0.3 is 6.18 Å². The zero-order valence-corrected chi connectivity index (χ0v) is 14.3. The Morgan fingerprint density at radius 1 is 1.08 bits per heavy atom. The highest BCUT2D eigenvalue weighted by atomic mass is 19.4. The molecule has 4 rings (SSSR count). The van der Waals surface area contributed by atoms with Crippen molar-refractivity contribution in [2.75, 3.05) is 30.4 Å². The summed E-state index contributed by atoms with van der Waals surface area (Å²) in [5.41, 5.74) is 1.93. The fraction of sp³-hybridized carbons (Fsp3) is 0.474. The molecule has 2 aliphatic heterocycles. The molecule has 2 atom stereocenters. The second-order valence-electron chi connectivity index (χ2n) is 6.97. The summed E-state index contributed by atoms with van der Waals surface area (Å²) in [5.74, 6) is 0. The third-order valence-electron chi connectivity index (χ3n) is 5.13. The van der Waals surface area contributed by atoms with E-state index in [1.807, 2.05) is 42.1 Å². The van der Waals surface area contributed by atoms with Crippen LogP contribution in [0.2, 0.25) is 0 Å². The highest BCUT2D eigenvalue weighted by Gasteiger charge is 2.49. The number of piperidine rings is 1. The minimum atomic E-state index is -4.41. The van der Waals surface area contributed by atoms with E-state index in [-0.39, 0.29) is 5.56 Å². The topological polar surface area (TPSA) is 15.7 Å². The standard InChI is InChI=1S/C19H21F3N2O/c1-23(2)15-7-5-6-13-12(15)9-10-14-17(13)24-11-4-3-8-16(24)25-18(14)19(20,21)22/h5-7,9-10,16,18H,3-4,8,11H2,1-2H3. The zero-order valence-electron chi connectivity index (χ0n) is 14.3. The van der Waals surface area contributed by atoms with Gasteiger partial charge in [-0.2, -0.15) is 13.2 Å². The van der Waals surface area contributed by atoms with Gasteiger partial charge in [-0.3, -0.25) is 0 Å².